The fraction of sp³-hybridized carbons (Fsp3) is 0.429. The van der Waals surface area contributed by atoms with E-state index in [9.17, 15) is 0 Å². The highest BCUT2D eigenvalue weighted by Crippen LogP contribution is 2.52. The minimum atomic E-state index is -0.382. The molecule has 0 aromatic heterocycles. The molecule has 0 heterocycles. The van der Waals surface area contributed by atoms with Gasteiger partial charge in [0, 0.05) is 18.5 Å². The van der Waals surface area contributed by atoms with Gasteiger partial charge in [-0.2, -0.15) is 10.5 Å². The van der Waals surface area contributed by atoms with Crippen LogP contribution in [0.2, 0.25) is 0 Å². The average Bonchev–Trinajstić information content (AvgIpc) is 2.42. The third kappa shape index (κ3) is 4.46. The summed E-state index contributed by atoms with van der Waals surface area (Å²) in [4.78, 5) is 0. The summed E-state index contributed by atoms with van der Waals surface area (Å²) in [6.07, 6.45) is 2.88. The Morgan fingerprint density at radius 3 is 2.39 bits per heavy atom. The van der Waals surface area contributed by atoms with Crippen LogP contribution in [-0.2, 0) is 0 Å². The Balaban J connectivity index is 2.87. The second-order valence-electron chi connectivity index (χ2n) is 4.02. The molecule has 0 radical (unpaired) electrons. The molecule has 0 aliphatic carbocycles. The zero-order valence-corrected chi connectivity index (χ0v) is 11.3. The summed E-state index contributed by atoms with van der Waals surface area (Å²) in [5.74, 6) is 0. The Morgan fingerprint density at radius 1 is 1.11 bits per heavy atom. The fourth-order valence-electron chi connectivity index (χ4n) is 2.00. The van der Waals surface area contributed by atoms with Gasteiger partial charge in [0.05, 0.1) is 12.1 Å². The summed E-state index contributed by atoms with van der Waals surface area (Å²) >= 11 is 0. The summed E-state index contributed by atoms with van der Waals surface area (Å²) in [6.45, 7) is 0.631. The standard InChI is InChI=1S/C14H18N3P/c15-8-4-11-18(12-10-17)14(7-9-16)13-5-2-1-3-6-13/h1-3,5-6,14H,4,7,10-12,17H2. The predicted octanol–water partition coefficient (Wildman–Crippen LogP) is 3.00. The molecule has 0 aliphatic heterocycles. The number of hydrogen-bond donors (Lipinski definition) is 1. The Labute approximate surface area is 110 Å². The fourth-order valence-corrected chi connectivity index (χ4v) is 4.50. The van der Waals surface area contributed by atoms with Gasteiger partial charge in [0.1, 0.15) is 0 Å². The molecule has 3 nitrogen and oxygen atoms in total. The van der Waals surface area contributed by atoms with Gasteiger partial charge in [-0.05, 0) is 24.4 Å². The van der Waals surface area contributed by atoms with Crippen LogP contribution in [0.25, 0.3) is 0 Å². The van der Waals surface area contributed by atoms with E-state index in [1.807, 2.05) is 18.2 Å². The maximum Gasteiger partial charge on any atom is 0.0631 e. The molecule has 1 rings (SSSR count). The van der Waals surface area contributed by atoms with Gasteiger partial charge in [-0.3, -0.25) is 0 Å². The van der Waals surface area contributed by atoms with E-state index in [4.69, 9.17) is 16.3 Å². The Bertz CT molecular complexity index is 419. The van der Waals surface area contributed by atoms with Gasteiger partial charge >= 0.3 is 0 Å². The van der Waals surface area contributed by atoms with Crippen molar-refractivity contribution >= 4 is 7.92 Å². The van der Waals surface area contributed by atoms with Crippen LogP contribution in [0.3, 0.4) is 0 Å². The van der Waals surface area contributed by atoms with Gasteiger partial charge in [0.25, 0.3) is 0 Å². The largest absolute Gasteiger partial charge is 0.330 e. The van der Waals surface area contributed by atoms with Gasteiger partial charge < -0.3 is 5.73 Å². The second-order valence-corrected chi connectivity index (χ2v) is 6.72. The van der Waals surface area contributed by atoms with E-state index in [0.29, 0.717) is 19.4 Å². The Kier molecular flexibility index (Phi) is 7.04. The van der Waals surface area contributed by atoms with Gasteiger partial charge in [-0.15, -0.1) is 0 Å². The van der Waals surface area contributed by atoms with Crippen LogP contribution in [0.5, 0.6) is 0 Å². The summed E-state index contributed by atoms with van der Waals surface area (Å²) in [5, 5.41) is 17.7. The van der Waals surface area contributed by atoms with Gasteiger partial charge in [0.15, 0.2) is 0 Å². The molecule has 2 N–H and O–H groups in total. The minimum Gasteiger partial charge on any atom is -0.330 e. The molecule has 0 amide bonds. The highest BCUT2D eigenvalue weighted by molar-refractivity contribution is 7.58. The first-order valence-electron chi connectivity index (χ1n) is 6.06. The van der Waals surface area contributed by atoms with Crippen molar-refractivity contribution in [1.82, 2.24) is 0 Å². The van der Waals surface area contributed by atoms with Crippen LogP contribution in [0.15, 0.2) is 30.3 Å². The minimum absolute atomic E-state index is 0.253. The highest BCUT2D eigenvalue weighted by atomic mass is 31.1. The molecule has 4 heteroatoms. The van der Waals surface area contributed by atoms with Crippen molar-refractivity contribution in [2.45, 2.75) is 18.5 Å². The Morgan fingerprint density at radius 2 is 1.83 bits per heavy atom. The molecule has 0 aliphatic rings. The van der Waals surface area contributed by atoms with E-state index < -0.39 is 0 Å². The Hall–Kier alpha value is -1.41. The number of benzene rings is 1. The van der Waals surface area contributed by atoms with Gasteiger partial charge in [0.2, 0.25) is 0 Å². The SMILES string of the molecule is N#CCCP(CCN)C(CC#N)c1ccccc1. The molecule has 18 heavy (non-hydrogen) atoms. The molecule has 0 spiro atoms. The number of hydrogen-bond acceptors (Lipinski definition) is 3. The maximum absolute atomic E-state index is 9.00. The summed E-state index contributed by atoms with van der Waals surface area (Å²) in [7, 11) is -0.382. The third-order valence-corrected chi connectivity index (χ3v) is 5.83. The molecule has 94 valence electrons. The summed E-state index contributed by atoms with van der Waals surface area (Å²) in [5.41, 5.74) is 7.12. The third-order valence-electron chi connectivity index (χ3n) is 2.84. The number of nitriles is 2. The first kappa shape index (κ1) is 14.7. The van der Waals surface area contributed by atoms with Crippen molar-refractivity contribution in [2.24, 2.45) is 5.73 Å². The molecule has 0 saturated carbocycles. The number of rotatable bonds is 7. The van der Waals surface area contributed by atoms with E-state index >= 15 is 0 Å². The molecule has 1 aromatic carbocycles. The van der Waals surface area contributed by atoms with Crippen LogP contribution in [0.1, 0.15) is 24.1 Å². The van der Waals surface area contributed by atoms with Gasteiger partial charge in [-0.25, -0.2) is 0 Å². The molecular weight excluding hydrogens is 241 g/mol. The van der Waals surface area contributed by atoms with Crippen molar-refractivity contribution < 1.29 is 0 Å². The maximum atomic E-state index is 9.00. The lowest BCUT2D eigenvalue weighted by atomic mass is 10.1. The number of nitrogens with two attached hydrogens (primary N) is 1. The van der Waals surface area contributed by atoms with Crippen molar-refractivity contribution in [3.63, 3.8) is 0 Å². The summed E-state index contributed by atoms with van der Waals surface area (Å²) < 4.78 is 0. The molecule has 0 bridgehead atoms. The van der Waals surface area contributed by atoms with Crippen LogP contribution in [0.4, 0.5) is 0 Å². The zero-order valence-electron chi connectivity index (χ0n) is 10.4. The molecule has 2 unspecified atom stereocenters. The lowest BCUT2D eigenvalue weighted by Gasteiger charge is -2.25. The lowest BCUT2D eigenvalue weighted by Crippen LogP contribution is -2.09. The van der Waals surface area contributed by atoms with Crippen LogP contribution >= 0.6 is 7.92 Å². The second kappa shape index (κ2) is 8.65. The average molecular weight is 259 g/mol. The van der Waals surface area contributed by atoms with Crippen LogP contribution < -0.4 is 5.73 Å². The monoisotopic (exact) mass is 259 g/mol. The normalized spacial score (nSPS) is 13.3. The van der Waals surface area contributed by atoms with Crippen molar-refractivity contribution in [1.29, 1.82) is 10.5 Å². The molecule has 2 atom stereocenters. The van der Waals surface area contributed by atoms with Crippen molar-refractivity contribution in [3.05, 3.63) is 35.9 Å². The van der Waals surface area contributed by atoms with Crippen molar-refractivity contribution in [2.75, 3.05) is 18.9 Å². The quantitative estimate of drug-likeness (QED) is 0.765. The van der Waals surface area contributed by atoms with Crippen LogP contribution in [-0.4, -0.2) is 18.9 Å². The zero-order chi connectivity index (χ0) is 13.2. The molecule has 0 saturated heterocycles. The highest BCUT2D eigenvalue weighted by Gasteiger charge is 2.21. The first-order chi connectivity index (χ1) is 8.83. The van der Waals surface area contributed by atoms with Gasteiger partial charge in [-0.1, -0.05) is 38.3 Å². The molecule has 1 aromatic rings. The molecule has 0 fully saturated rings. The van der Waals surface area contributed by atoms with E-state index in [1.54, 1.807) is 0 Å². The van der Waals surface area contributed by atoms with E-state index in [1.165, 1.54) is 5.56 Å². The number of nitrogens with zero attached hydrogens (tertiary/aromatic N) is 2. The first-order valence-corrected chi connectivity index (χ1v) is 7.84. The van der Waals surface area contributed by atoms with Crippen molar-refractivity contribution in [3.8, 4) is 12.1 Å². The predicted molar refractivity (Wildman–Crippen MR) is 75.4 cm³/mol. The lowest BCUT2D eigenvalue weighted by molar-refractivity contribution is 0.941. The van der Waals surface area contributed by atoms with Crippen LogP contribution in [0, 0.1) is 22.7 Å². The smallest absolute Gasteiger partial charge is 0.0631 e. The van der Waals surface area contributed by atoms with E-state index in [2.05, 4.69) is 24.3 Å². The summed E-state index contributed by atoms with van der Waals surface area (Å²) in [6, 6.07) is 14.6. The molecular formula is C14H18N3P. The topological polar surface area (TPSA) is 73.6 Å². The van der Waals surface area contributed by atoms with E-state index in [0.717, 1.165) is 12.3 Å². The van der Waals surface area contributed by atoms with E-state index in [-0.39, 0.29) is 13.6 Å².